The zero-order chi connectivity index (χ0) is 28.1. The third-order valence-corrected chi connectivity index (χ3v) is 7.51. The molecule has 0 N–H and O–H groups in total. The minimum Gasteiger partial charge on any atom is -0.461 e. The lowest BCUT2D eigenvalue weighted by Gasteiger charge is -2.36. The number of pyridine rings is 1. The van der Waals surface area contributed by atoms with Gasteiger partial charge in [0.2, 0.25) is 0 Å². The van der Waals surface area contributed by atoms with E-state index < -0.39 is 11.8 Å². The van der Waals surface area contributed by atoms with E-state index in [-0.39, 0.29) is 18.2 Å². The van der Waals surface area contributed by atoms with E-state index in [1.165, 1.54) is 12.1 Å². The lowest BCUT2D eigenvalue weighted by atomic mass is 10.1. The molecule has 8 nitrogen and oxygen atoms in total. The number of thioether (sulfide) groups is 1. The monoisotopic (exact) mass is 559 g/mol. The van der Waals surface area contributed by atoms with Crippen LogP contribution in [-0.4, -0.2) is 70.1 Å². The maximum atomic E-state index is 14.0. The average molecular weight is 560 g/mol. The Hall–Kier alpha value is -4.18. The van der Waals surface area contributed by atoms with Gasteiger partial charge in [-0.3, -0.25) is 4.79 Å². The molecular formula is C30H30FN5O3S. The summed E-state index contributed by atoms with van der Waals surface area (Å²) in [4.78, 5) is 34.1. The second kappa shape index (κ2) is 12.3. The maximum Gasteiger partial charge on any atom is 0.358 e. The number of amides is 1. The number of ether oxygens (including phenoxy) is 1. The molecule has 4 aromatic rings. The number of aromatic nitrogens is 3. The first-order chi connectivity index (χ1) is 19.5. The molecule has 0 bridgehead atoms. The number of halogens is 1. The van der Waals surface area contributed by atoms with Gasteiger partial charge < -0.3 is 14.5 Å². The van der Waals surface area contributed by atoms with Crippen LogP contribution in [0.1, 0.15) is 34.7 Å². The van der Waals surface area contributed by atoms with Crippen LogP contribution in [0.2, 0.25) is 0 Å². The Morgan fingerprint density at radius 3 is 2.42 bits per heavy atom. The van der Waals surface area contributed by atoms with Gasteiger partial charge >= 0.3 is 5.97 Å². The highest BCUT2D eigenvalue weighted by atomic mass is 32.2. The topological polar surface area (TPSA) is 80.6 Å². The smallest absolute Gasteiger partial charge is 0.358 e. The summed E-state index contributed by atoms with van der Waals surface area (Å²) in [7, 11) is 0. The van der Waals surface area contributed by atoms with E-state index in [0.29, 0.717) is 43.1 Å². The summed E-state index contributed by atoms with van der Waals surface area (Å²) in [5, 5.41) is 5.19. The highest BCUT2D eigenvalue weighted by molar-refractivity contribution is 7.99. The first kappa shape index (κ1) is 27.4. The molecule has 2 aromatic carbocycles. The third kappa shape index (κ3) is 5.86. The van der Waals surface area contributed by atoms with E-state index >= 15 is 0 Å². The van der Waals surface area contributed by atoms with Crippen molar-refractivity contribution in [3.8, 4) is 16.9 Å². The van der Waals surface area contributed by atoms with Crippen LogP contribution in [0.3, 0.4) is 0 Å². The number of benzene rings is 2. The molecule has 1 aliphatic heterocycles. The molecule has 1 amide bonds. The summed E-state index contributed by atoms with van der Waals surface area (Å²) >= 11 is 1.58. The number of rotatable bonds is 8. The van der Waals surface area contributed by atoms with Gasteiger partial charge in [-0.1, -0.05) is 25.1 Å². The Balaban J connectivity index is 1.32. The summed E-state index contributed by atoms with van der Waals surface area (Å²) in [6, 6.07) is 19.3. The lowest BCUT2D eigenvalue weighted by Crippen LogP contribution is -2.48. The number of nitrogens with zero attached hydrogens (tertiary/aromatic N) is 5. The number of carbonyl (C=O) groups excluding carboxylic acids is 2. The fraction of sp³-hybridized carbons (Fsp3) is 0.267. The van der Waals surface area contributed by atoms with Crippen molar-refractivity contribution in [2.45, 2.75) is 18.9 Å². The number of hydrogen-bond acceptors (Lipinski definition) is 7. The average Bonchev–Trinajstić information content (AvgIpc) is 3.44. The second-order valence-electron chi connectivity index (χ2n) is 9.14. The fourth-order valence-electron chi connectivity index (χ4n) is 4.68. The number of esters is 1. The molecule has 0 aliphatic carbocycles. The normalized spacial score (nSPS) is 13.4. The SMILES string of the molecule is CCOC(=O)c1cc(-c2ccc(N3CCN(C(=O)c4cccnc4SCC)CC3)cc2)n(-c2cccc(F)c2)n1. The molecule has 5 rings (SSSR count). The standard InChI is InChI=1S/C30H30FN5O3S/c1-3-39-30(38)26-20-27(36(33-26)24-8-5-7-22(31)19-24)21-10-12-23(13-11-21)34-15-17-35(18-16-34)29(37)25-9-6-14-32-28(25)40-4-2/h5-14,19-20H,3-4,15-18H2,1-2H3. The van der Waals surface area contributed by atoms with Crippen molar-refractivity contribution < 1.29 is 18.7 Å². The Morgan fingerprint density at radius 2 is 1.73 bits per heavy atom. The Labute approximate surface area is 236 Å². The summed E-state index contributed by atoms with van der Waals surface area (Å²) in [6.07, 6.45) is 1.72. The predicted octanol–water partition coefficient (Wildman–Crippen LogP) is 5.32. The molecule has 0 atom stereocenters. The van der Waals surface area contributed by atoms with Gasteiger partial charge in [-0.15, -0.1) is 11.8 Å². The molecule has 1 saturated heterocycles. The van der Waals surface area contributed by atoms with Crippen LogP contribution in [0.4, 0.5) is 10.1 Å². The van der Waals surface area contributed by atoms with E-state index in [0.717, 1.165) is 22.0 Å². The van der Waals surface area contributed by atoms with Crippen LogP contribution in [0.5, 0.6) is 0 Å². The van der Waals surface area contributed by atoms with Crippen molar-refractivity contribution in [2.75, 3.05) is 43.4 Å². The van der Waals surface area contributed by atoms with Gasteiger partial charge in [0.15, 0.2) is 5.69 Å². The largest absolute Gasteiger partial charge is 0.461 e. The zero-order valence-corrected chi connectivity index (χ0v) is 23.2. The van der Waals surface area contributed by atoms with E-state index in [1.54, 1.807) is 53.8 Å². The molecule has 0 saturated carbocycles. The molecule has 0 radical (unpaired) electrons. The first-order valence-electron chi connectivity index (χ1n) is 13.2. The second-order valence-corrected chi connectivity index (χ2v) is 10.4. The zero-order valence-electron chi connectivity index (χ0n) is 22.4. The number of anilines is 1. The van der Waals surface area contributed by atoms with Crippen molar-refractivity contribution in [2.24, 2.45) is 0 Å². The Bertz CT molecular complexity index is 1500. The van der Waals surface area contributed by atoms with E-state index in [4.69, 9.17) is 4.74 Å². The summed E-state index contributed by atoms with van der Waals surface area (Å²) < 4.78 is 20.7. The van der Waals surface area contributed by atoms with Crippen LogP contribution < -0.4 is 4.90 Å². The van der Waals surface area contributed by atoms with Gasteiger partial charge in [0, 0.05) is 43.6 Å². The third-order valence-electron chi connectivity index (χ3n) is 6.62. The van der Waals surface area contributed by atoms with Gasteiger partial charge in [0.25, 0.3) is 5.91 Å². The van der Waals surface area contributed by atoms with Crippen molar-refractivity contribution in [3.05, 3.63) is 90.0 Å². The van der Waals surface area contributed by atoms with Crippen LogP contribution >= 0.6 is 11.8 Å². The Morgan fingerprint density at radius 1 is 0.950 bits per heavy atom. The molecule has 1 aliphatic rings. The predicted molar refractivity (Wildman–Crippen MR) is 154 cm³/mol. The highest BCUT2D eigenvalue weighted by Gasteiger charge is 2.25. The van der Waals surface area contributed by atoms with Crippen molar-refractivity contribution >= 4 is 29.3 Å². The number of piperazine rings is 1. The molecule has 40 heavy (non-hydrogen) atoms. The van der Waals surface area contributed by atoms with Crippen molar-refractivity contribution in [1.82, 2.24) is 19.7 Å². The summed E-state index contributed by atoms with van der Waals surface area (Å²) in [5.74, 6) is -0.0565. The minimum atomic E-state index is -0.533. The van der Waals surface area contributed by atoms with Gasteiger partial charge in [-0.25, -0.2) is 18.9 Å². The molecule has 1 fully saturated rings. The van der Waals surface area contributed by atoms with E-state index in [2.05, 4.69) is 15.0 Å². The summed E-state index contributed by atoms with van der Waals surface area (Å²) in [5.41, 5.74) is 3.81. The van der Waals surface area contributed by atoms with Gasteiger partial charge in [-0.05, 0) is 61.2 Å². The molecule has 0 unspecified atom stereocenters. The summed E-state index contributed by atoms with van der Waals surface area (Å²) in [6.45, 7) is 6.65. The van der Waals surface area contributed by atoms with Crippen LogP contribution in [0.25, 0.3) is 16.9 Å². The van der Waals surface area contributed by atoms with E-state index in [1.807, 2.05) is 42.2 Å². The number of carbonyl (C=O) groups is 2. The molecule has 206 valence electrons. The van der Waals surface area contributed by atoms with Gasteiger partial charge in [0.1, 0.15) is 10.8 Å². The highest BCUT2D eigenvalue weighted by Crippen LogP contribution is 2.28. The van der Waals surface area contributed by atoms with Gasteiger partial charge in [0.05, 0.1) is 23.6 Å². The van der Waals surface area contributed by atoms with Gasteiger partial charge in [-0.2, -0.15) is 5.10 Å². The molecule has 3 heterocycles. The van der Waals surface area contributed by atoms with Crippen LogP contribution in [-0.2, 0) is 4.74 Å². The van der Waals surface area contributed by atoms with Crippen LogP contribution in [0.15, 0.2) is 78.0 Å². The first-order valence-corrected chi connectivity index (χ1v) is 14.2. The van der Waals surface area contributed by atoms with Crippen molar-refractivity contribution in [1.29, 1.82) is 0 Å². The van der Waals surface area contributed by atoms with E-state index in [9.17, 15) is 14.0 Å². The number of hydrogen-bond donors (Lipinski definition) is 0. The van der Waals surface area contributed by atoms with Crippen molar-refractivity contribution in [3.63, 3.8) is 0 Å². The molecular weight excluding hydrogens is 529 g/mol. The quantitative estimate of drug-likeness (QED) is 0.213. The minimum absolute atomic E-state index is 0.0158. The van der Waals surface area contributed by atoms with Crippen LogP contribution in [0, 0.1) is 5.82 Å². The molecule has 0 spiro atoms. The molecule has 2 aromatic heterocycles. The molecule has 10 heteroatoms. The lowest BCUT2D eigenvalue weighted by molar-refractivity contribution is 0.0518. The maximum absolute atomic E-state index is 14.0. The fourth-order valence-corrected chi connectivity index (χ4v) is 5.40. The Kier molecular flexibility index (Phi) is 8.45.